The molecule has 1 N–H and O–H groups in total. The highest BCUT2D eigenvalue weighted by atomic mass is 35.5. The first-order chi connectivity index (χ1) is 14.5. The van der Waals surface area contributed by atoms with Crippen molar-refractivity contribution in [1.29, 1.82) is 0 Å². The maximum Gasteiger partial charge on any atom is 0.295 e. The fraction of sp³-hybridized carbons (Fsp3) is 0.0909. The Kier molecular flexibility index (Phi) is 5.53. The van der Waals surface area contributed by atoms with Crippen molar-refractivity contribution in [1.82, 2.24) is 14.9 Å². The number of nitrogens with zero attached hydrogens (tertiary/aromatic N) is 3. The van der Waals surface area contributed by atoms with Gasteiger partial charge in [-0.15, -0.1) is 0 Å². The Labute approximate surface area is 182 Å². The van der Waals surface area contributed by atoms with Crippen LogP contribution in [-0.2, 0) is 16.1 Å². The van der Waals surface area contributed by atoms with Gasteiger partial charge >= 0.3 is 0 Å². The summed E-state index contributed by atoms with van der Waals surface area (Å²) < 4.78 is 0. The van der Waals surface area contributed by atoms with Crippen molar-refractivity contribution in [2.45, 2.75) is 12.6 Å². The number of aliphatic hydroxyl groups is 1. The number of carbonyl (C=O) groups is 2. The molecule has 1 saturated heterocycles. The molecular weight excluding hydrogens is 425 g/mol. The van der Waals surface area contributed by atoms with Crippen LogP contribution in [0.4, 0.5) is 0 Å². The molecule has 0 spiro atoms. The Balaban J connectivity index is 1.86. The molecule has 3 aromatic rings. The fourth-order valence-electron chi connectivity index (χ4n) is 3.42. The molecule has 4 rings (SSSR count). The molecule has 0 bridgehead atoms. The predicted octanol–water partition coefficient (Wildman–Crippen LogP) is 4.41. The topological polar surface area (TPSA) is 83.4 Å². The van der Waals surface area contributed by atoms with Gasteiger partial charge in [-0.3, -0.25) is 19.6 Å². The summed E-state index contributed by atoms with van der Waals surface area (Å²) in [5, 5.41) is 11.5. The molecule has 1 unspecified atom stereocenters. The molecule has 1 atom stereocenters. The van der Waals surface area contributed by atoms with Gasteiger partial charge in [0.15, 0.2) is 0 Å². The molecule has 8 heteroatoms. The van der Waals surface area contributed by atoms with Crippen LogP contribution in [0.1, 0.15) is 22.7 Å². The molecule has 6 nitrogen and oxygen atoms in total. The number of Topliss-reactive ketones (excluding diaryl/α,β-unsaturated/α-hetero) is 1. The van der Waals surface area contributed by atoms with Crippen LogP contribution in [0.25, 0.3) is 5.76 Å². The van der Waals surface area contributed by atoms with Crippen molar-refractivity contribution in [3.63, 3.8) is 0 Å². The van der Waals surface area contributed by atoms with Crippen molar-refractivity contribution >= 4 is 40.7 Å². The largest absolute Gasteiger partial charge is 0.507 e. The number of amides is 1. The molecule has 30 heavy (non-hydrogen) atoms. The van der Waals surface area contributed by atoms with Gasteiger partial charge in [0.05, 0.1) is 21.7 Å². The summed E-state index contributed by atoms with van der Waals surface area (Å²) in [6.45, 7) is 0.156. The van der Waals surface area contributed by atoms with Gasteiger partial charge in [0.1, 0.15) is 5.76 Å². The van der Waals surface area contributed by atoms with Crippen LogP contribution in [-0.4, -0.2) is 31.7 Å². The lowest BCUT2D eigenvalue weighted by Crippen LogP contribution is -2.29. The third kappa shape index (κ3) is 3.67. The first kappa shape index (κ1) is 20.1. The minimum Gasteiger partial charge on any atom is -0.507 e. The summed E-state index contributed by atoms with van der Waals surface area (Å²) in [7, 11) is 0. The normalized spacial score (nSPS) is 18.1. The van der Waals surface area contributed by atoms with E-state index in [0.717, 1.165) is 5.56 Å². The molecule has 1 aromatic carbocycles. The highest BCUT2D eigenvalue weighted by molar-refractivity contribution is 6.46. The highest BCUT2D eigenvalue weighted by Gasteiger charge is 2.46. The number of pyridine rings is 2. The van der Waals surface area contributed by atoms with E-state index >= 15 is 0 Å². The lowest BCUT2D eigenvalue weighted by atomic mass is 9.96. The second-order valence-electron chi connectivity index (χ2n) is 6.70. The molecule has 1 aliphatic rings. The van der Waals surface area contributed by atoms with Gasteiger partial charge in [-0.2, -0.15) is 0 Å². The Morgan fingerprint density at radius 1 is 1.00 bits per heavy atom. The SMILES string of the molecule is O=C1C(=O)N(Cc2cccnc2)C(c2ccncc2)/C1=C(/O)c1ccc(Cl)c(Cl)c1. The standard InChI is InChI=1S/C22H15Cl2N3O3/c23-16-4-3-15(10-17(16)24)20(28)18-19(14-5-8-25-9-6-14)27(22(30)21(18)29)12-13-2-1-7-26-11-13/h1-11,19,28H,12H2/b20-18-. The zero-order valence-electron chi connectivity index (χ0n) is 15.5. The van der Waals surface area contributed by atoms with E-state index in [0.29, 0.717) is 16.1 Å². The minimum atomic E-state index is -0.789. The van der Waals surface area contributed by atoms with Crippen LogP contribution in [0.2, 0.25) is 10.0 Å². The third-order valence-electron chi connectivity index (χ3n) is 4.83. The minimum absolute atomic E-state index is 0.0199. The van der Waals surface area contributed by atoms with Crippen molar-refractivity contribution in [3.05, 3.63) is 99.6 Å². The first-order valence-electron chi connectivity index (χ1n) is 9.00. The zero-order valence-corrected chi connectivity index (χ0v) is 17.0. The molecule has 3 heterocycles. The molecule has 1 aliphatic heterocycles. The van der Waals surface area contributed by atoms with Gasteiger partial charge in [0, 0.05) is 36.9 Å². The highest BCUT2D eigenvalue weighted by Crippen LogP contribution is 2.40. The van der Waals surface area contributed by atoms with E-state index in [4.69, 9.17) is 23.2 Å². The van der Waals surface area contributed by atoms with E-state index in [1.807, 2.05) is 6.07 Å². The summed E-state index contributed by atoms with van der Waals surface area (Å²) in [5.74, 6) is -1.80. The number of aromatic nitrogens is 2. The van der Waals surface area contributed by atoms with Crippen LogP contribution in [0.3, 0.4) is 0 Å². The number of benzene rings is 1. The van der Waals surface area contributed by atoms with Gasteiger partial charge in [0.2, 0.25) is 0 Å². The van der Waals surface area contributed by atoms with Crippen LogP contribution >= 0.6 is 23.2 Å². The Hall–Kier alpha value is -3.22. The number of likely N-dealkylation sites (tertiary alicyclic amines) is 1. The monoisotopic (exact) mass is 439 g/mol. The second-order valence-corrected chi connectivity index (χ2v) is 7.51. The number of hydrogen-bond acceptors (Lipinski definition) is 5. The van der Waals surface area contributed by atoms with Crippen LogP contribution in [0, 0.1) is 0 Å². The van der Waals surface area contributed by atoms with Gasteiger partial charge in [-0.1, -0.05) is 29.3 Å². The molecule has 0 saturated carbocycles. The van der Waals surface area contributed by atoms with E-state index in [1.165, 1.54) is 17.0 Å². The first-order valence-corrected chi connectivity index (χ1v) is 9.75. The summed E-state index contributed by atoms with van der Waals surface area (Å²) in [6, 6.07) is 10.7. The van der Waals surface area contributed by atoms with Crippen LogP contribution in [0.5, 0.6) is 0 Å². The average molecular weight is 440 g/mol. The zero-order chi connectivity index (χ0) is 21.3. The number of halogens is 2. The molecule has 2 aromatic heterocycles. The summed E-state index contributed by atoms with van der Waals surface area (Å²) >= 11 is 12.0. The lowest BCUT2D eigenvalue weighted by Gasteiger charge is -2.25. The van der Waals surface area contributed by atoms with Gasteiger partial charge in [-0.05, 0) is 47.5 Å². The molecule has 1 amide bonds. The number of aliphatic hydroxyl groups excluding tert-OH is 1. The Bertz CT molecular complexity index is 1150. The Morgan fingerprint density at radius 2 is 1.77 bits per heavy atom. The quantitative estimate of drug-likeness (QED) is 0.369. The Morgan fingerprint density at radius 3 is 2.43 bits per heavy atom. The van der Waals surface area contributed by atoms with Crippen molar-refractivity contribution < 1.29 is 14.7 Å². The maximum absolute atomic E-state index is 13.0. The van der Waals surface area contributed by atoms with Gasteiger partial charge < -0.3 is 10.0 Å². The lowest BCUT2D eigenvalue weighted by molar-refractivity contribution is -0.140. The number of hydrogen-bond donors (Lipinski definition) is 1. The van der Waals surface area contributed by atoms with Crippen molar-refractivity contribution in [3.8, 4) is 0 Å². The number of carbonyl (C=O) groups excluding carboxylic acids is 2. The second kappa shape index (κ2) is 8.26. The fourth-order valence-corrected chi connectivity index (χ4v) is 3.72. The molecule has 150 valence electrons. The van der Waals surface area contributed by atoms with E-state index in [2.05, 4.69) is 9.97 Å². The van der Waals surface area contributed by atoms with Gasteiger partial charge in [-0.25, -0.2) is 0 Å². The van der Waals surface area contributed by atoms with E-state index in [1.54, 1.807) is 49.1 Å². The van der Waals surface area contributed by atoms with Crippen molar-refractivity contribution in [2.24, 2.45) is 0 Å². The average Bonchev–Trinajstić information content (AvgIpc) is 3.01. The van der Waals surface area contributed by atoms with Crippen LogP contribution in [0.15, 0.2) is 72.8 Å². The third-order valence-corrected chi connectivity index (χ3v) is 5.57. The summed E-state index contributed by atoms with van der Waals surface area (Å²) in [5.41, 5.74) is 1.68. The van der Waals surface area contributed by atoms with Crippen molar-refractivity contribution in [2.75, 3.05) is 0 Å². The van der Waals surface area contributed by atoms with E-state index in [9.17, 15) is 14.7 Å². The smallest absolute Gasteiger partial charge is 0.295 e. The molecule has 1 fully saturated rings. The molecule has 0 aliphatic carbocycles. The number of rotatable bonds is 4. The maximum atomic E-state index is 13.0. The van der Waals surface area contributed by atoms with E-state index in [-0.39, 0.29) is 22.9 Å². The summed E-state index contributed by atoms with van der Waals surface area (Å²) in [4.78, 5) is 35.4. The molecule has 0 radical (unpaired) electrons. The molecular formula is C22H15Cl2N3O3. The van der Waals surface area contributed by atoms with Gasteiger partial charge in [0.25, 0.3) is 11.7 Å². The van der Waals surface area contributed by atoms with Crippen LogP contribution < -0.4 is 0 Å². The van der Waals surface area contributed by atoms with E-state index < -0.39 is 17.7 Å². The summed E-state index contributed by atoms with van der Waals surface area (Å²) in [6.07, 6.45) is 6.39. The number of ketones is 1. The predicted molar refractivity (Wildman–Crippen MR) is 113 cm³/mol.